The quantitative estimate of drug-likeness (QED) is 0.833. The molecule has 1 amide bonds. The number of hydrogen-bond acceptors (Lipinski definition) is 3. The van der Waals surface area contributed by atoms with Gasteiger partial charge < -0.3 is 10.0 Å². The summed E-state index contributed by atoms with van der Waals surface area (Å²) in [5, 5.41) is 19.2. The van der Waals surface area contributed by atoms with E-state index >= 15 is 0 Å². The second kappa shape index (κ2) is 4.88. The zero-order valence-corrected chi connectivity index (χ0v) is 12.7. The molecule has 1 aliphatic heterocycles. The lowest BCUT2D eigenvalue weighted by Crippen LogP contribution is -2.45. The van der Waals surface area contributed by atoms with Crippen molar-refractivity contribution in [3.63, 3.8) is 0 Å². The summed E-state index contributed by atoms with van der Waals surface area (Å²) in [6.45, 7) is 12.8. The normalized spacial score (nSPS) is 21.0. The van der Waals surface area contributed by atoms with Gasteiger partial charge >= 0.3 is 0 Å². The standard InChI is InChI=1S/C15H24N2O2/c1-14(2,3)7-8-17-12(15(4,5)6)11(18)10(9-16)13(17)19/h12,18H,7-8H2,1-6H3. The summed E-state index contributed by atoms with van der Waals surface area (Å²) in [4.78, 5) is 13.8. The fraction of sp³-hybridized carbons (Fsp3) is 0.733. The molecule has 0 bridgehead atoms. The van der Waals surface area contributed by atoms with Crippen molar-refractivity contribution >= 4 is 5.91 Å². The molecule has 1 heterocycles. The van der Waals surface area contributed by atoms with E-state index in [4.69, 9.17) is 5.26 Å². The molecule has 1 atom stereocenters. The first-order valence-corrected chi connectivity index (χ1v) is 6.63. The van der Waals surface area contributed by atoms with Gasteiger partial charge in [-0.1, -0.05) is 41.5 Å². The number of rotatable bonds is 2. The van der Waals surface area contributed by atoms with Crippen LogP contribution in [0.15, 0.2) is 11.3 Å². The molecule has 0 spiro atoms. The molecule has 0 aliphatic carbocycles. The van der Waals surface area contributed by atoms with Gasteiger partial charge in [0, 0.05) is 6.54 Å². The van der Waals surface area contributed by atoms with E-state index in [-0.39, 0.29) is 28.1 Å². The summed E-state index contributed by atoms with van der Waals surface area (Å²) >= 11 is 0. The number of aliphatic hydroxyl groups is 1. The lowest BCUT2D eigenvalue weighted by molar-refractivity contribution is -0.128. The summed E-state index contributed by atoms with van der Waals surface area (Å²) in [6, 6.07) is 1.43. The summed E-state index contributed by atoms with van der Waals surface area (Å²) in [6.07, 6.45) is 0.831. The fourth-order valence-corrected chi connectivity index (χ4v) is 2.32. The van der Waals surface area contributed by atoms with Crippen LogP contribution in [0.5, 0.6) is 0 Å². The Morgan fingerprint density at radius 2 is 1.79 bits per heavy atom. The number of nitrogens with zero attached hydrogens (tertiary/aromatic N) is 2. The maximum absolute atomic E-state index is 12.2. The van der Waals surface area contributed by atoms with Crippen LogP contribution in [0.25, 0.3) is 0 Å². The SMILES string of the molecule is CC(C)(C)CCN1C(=O)C(C#N)=C(O)C1C(C)(C)C. The first-order valence-electron chi connectivity index (χ1n) is 6.63. The molecule has 4 nitrogen and oxygen atoms in total. The highest BCUT2D eigenvalue weighted by atomic mass is 16.3. The predicted octanol–water partition coefficient (Wildman–Crippen LogP) is 3.02. The molecular weight excluding hydrogens is 240 g/mol. The summed E-state index contributed by atoms with van der Waals surface area (Å²) < 4.78 is 0. The maximum Gasteiger partial charge on any atom is 0.268 e. The van der Waals surface area contributed by atoms with Crippen LogP contribution in [0.1, 0.15) is 48.0 Å². The number of nitriles is 1. The molecular formula is C15H24N2O2. The van der Waals surface area contributed by atoms with Crippen LogP contribution in [-0.4, -0.2) is 28.5 Å². The van der Waals surface area contributed by atoms with Gasteiger partial charge in [-0.05, 0) is 17.3 Å². The van der Waals surface area contributed by atoms with Crippen molar-refractivity contribution in [2.75, 3.05) is 6.54 Å². The second-order valence-corrected chi connectivity index (χ2v) is 7.45. The minimum atomic E-state index is -0.406. The Kier molecular flexibility index (Phi) is 4.00. The van der Waals surface area contributed by atoms with Crippen LogP contribution in [0.2, 0.25) is 0 Å². The molecule has 0 aromatic heterocycles. The van der Waals surface area contributed by atoms with Crippen LogP contribution in [0.4, 0.5) is 0 Å². The fourth-order valence-electron chi connectivity index (χ4n) is 2.32. The van der Waals surface area contributed by atoms with Crippen LogP contribution in [0, 0.1) is 22.2 Å². The highest BCUT2D eigenvalue weighted by Crippen LogP contribution is 2.37. The Morgan fingerprint density at radius 1 is 1.26 bits per heavy atom. The lowest BCUT2D eigenvalue weighted by atomic mass is 9.84. The van der Waals surface area contributed by atoms with E-state index in [0.29, 0.717) is 6.54 Å². The predicted molar refractivity (Wildman–Crippen MR) is 74.3 cm³/mol. The van der Waals surface area contributed by atoms with Gasteiger partial charge in [0.2, 0.25) is 0 Å². The van der Waals surface area contributed by atoms with Gasteiger partial charge in [-0.25, -0.2) is 0 Å². The van der Waals surface area contributed by atoms with Crippen molar-refractivity contribution in [1.82, 2.24) is 4.90 Å². The number of carbonyl (C=O) groups excluding carboxylic acids is 1. The van der Waals surface area contributed by atoms with E-state index in [1.807, 2.05) is 26.8 Å². The second-order valence-electron chi connectivity index (χ2n) is 7.45. The average molecular weight is 264 g/mol. The average Bonchev–Trinajstić information content (AvgIpc) is 2.45. The minimum absolute atomic E-state index is 0.0751. The molecule has 0 saturated heterocycles. The van der Waals surface area contributed by atoms with Crippen LogP contribution < -0.4 is 0 Å². The van der Waals surface area contributed by atoms with E-state index in [9.17, 15) is 9.90 Å². The van der Waals surface area contributed by atoms with E-state index < -0.39 is 6.04 Å². The summed E-state index contributed by atoms with van der Waals surface area (Å²) in [5.41, 5.74) is -0.293. The number of carbonyl (C=O) groups is 1. The summed E-state index contributed by atoms with van der Waals surface area (Å²) in [7, 11) is 0. The van der Waals surface area contributed by atoms with Gasteiger partial charge in [0.1, 0.15) is 11.8 Å². The molecule has 0 radical (unpaired) electrons. The van der Waals surface area contributed by atoms with E-state index in [1.165, 1.54) is 0 Å². The molecule has 1 aliphatic rings. The van der Waals surface area contributed by atoms with Crippen molar-refractivity contribution in [3.8, 4) is 6.07 Å². The third kappa shape index (κ3) is 3.28. The Bertz CT molecular complexity index is 444. The topological polar surface area (TPSA) is 64.3 Å². The van der Waals surface area contributed by atoms with Gasteiger partial charge in [0.15, 0.2) is 5.57 Å². The molecule has 106 valence electrons. The van der Waals surface area contributed by atoms with Crippen molar-refractivity contribution in [2.24, 2.45) is 10.8 Å². The van der Waals surface area contributed by atoms with Gasteiger partial charge in [-0.15, -0.1) is 0 Å². The Morgan fingerprint density at radius 3 is 2.16 bits per heavy atom. The van der Waals surface area contributed by atoms with Gasteiger partial charge in [0.05, 0.1) is 6.04 Å². The third-order valence-electron chi connectivity index (χ3n) is 3.34. The van der Waals surface area contributed by atoms with Crippen LogP contribution in [-0.2, 0) is 4.79 Å². The first kappa shape index (κ1) is 15.6. The first-order chi connectivity index (χ1) is 8.49. The molecule has 4 heteroatoms. The van der Waals surface area contributed by atoms with Crippen molar-refractivity contribution < 1.29 is 9.90 Å². The smallest absolute Gasteiger partial charge is 0.268 e. The number of hydrogen-bond donors (Lipinski definition) is 1. The van der Waals surface area contributed by atoms with Gasteiger partial charge in [-0.3, -0.25) is 4.79 Å². The van der Waals surface area contributed by atoms with E-state index in [0.717, 1.165) is 6.42 Å². The lowest BCUT2D eigenvalue weighted by Gasteiger charge is -2.36. The van der Waals surface area contributed by atoms with Crippen molar-refractivity contribution in [2.45, 2.75) is 54.0 Å². The van der Waals surface area contributed by atoms with E-state index in [2.05, 4.69) is 20.8 Å². The van der Waals surface area contributed by atoms with Crippen LogP contribution in [0.3, 0.4) is 0 Å². The maximum atomic E-state index is 12.2. The highest BCUT2D eigenvalue weighted by molar-refractivity contribution is 6.00. The van der Waals surface area contributed by atoms with Gasteiger partial charge in [-0.2, -0.15) is 5.26 Å². The number of aliphatic hydroxyl groups excluding tert-OH is 1. The zero-order chi connectivity index (χ0) is 15.0. The Balaban J connectivity index is 3.05. The highest BCUT2D eigenvalue weighted by Gasteiger charge is 2.45. The monoisotopic (exact) mass is 264 g/mol. The number of amides is 1. The molecule has 1 unspecified atom stereocenters. The molecule has 1 rings (SSSR count). The molecule has 0 saturated carbocycles. The Labute approximate surface area is 115 Å². The van der Waals surface area contributed by atoms with Crippen LogP contribution >= 0.6 is 0 Å². The van der Waals surface area contributed by atoms with Gasteiger partial charge in [0.25, 0.3) is 5.91 Å². The Hall–Kier alpha value is -1.50. The molecule has 19 heavy (non-hydrogen) atoms. The van der Waals surface area contributed by atoms with Crippen molar-refractivity contribution in [1.29, 1.82) is 5.26 Å². The zero-order valence-electron chi connectivity index (χ0n) is 12.7. The largest absolute Gasteiger partial charge is 0.508 e. The van der Waals surface area contributed by atoms with E-state index in [1.54, 1.807) is 4.90 Å². The molecule has 0 aromatic rings. The van der Waals surface area contributed by atoms with Crippen molar-refractivity contribution in [3.05, 3.63) is 11.3 Å². The molecule has 0 aromatic carbocycles. The third-order valence-corrected chi connectivity index (χ3v) is 3.34. The molecule has 0 fully saturated rings. The summed E-state index contributed by atoms with van der Waals surface area (Å²) in [5.74, 6) is -0.418. The molecule has 1 N–H and O–H groups in total. The minimum Gasteiger partial charge on any atom is -0.508 e.